The van der Waals surface area contributed by atoms with Crippen LogP contribution in [-0.4, -0.2) is 9.78 Å². The van der Waals surface area contributed by atoms with Crippen molar-refractivity contribution in [1.82, 2.24) is 9.78 Å². The Kier molecular flexibility index (Phi) is 3.10. The van der Waals surface area contributed by atoms with Crippen LogP contribution in [0.5, 0.6) is 0 Å². The van der Waals surface area contributed by atoms with Gasteiger partial charge < -0.3 is 5.73 Å². The van der Waals surface area contributed by atoms with Crippen LogP contribution in [-0.2, 0) is 6.54 Å². The minimum Gasteiger partial charge on any atom is -0.324 e. The second-order valence-corrected chi connectivity index (χ2v) is 4.57. The Bertz CT molecular complexity index is 322. The molecular formula is C12H21N3. The third kappa shape index (κ3) is 1.93. The van der Waals surface area contributed by atoms with Crippen LogP contribution in [0.1, 0.15) is 62.7 Å². The van der Waals surface area contributed by atoms with E-state index in [1.807, 2.05) is 6.20 Å². The van der Waals surface area contributed by atoms with Crippen LogP contribution >= 0.6 is 0 Å². The SMILES string of the molecule is CCn1ncc(C(C)N)c1C1CCCC1. The molecule has 1 aliphatic rings. The first-order valence-electron chi connectivity index (χ1n) is 6.05. The van der Waals surface area contributed by atoms with Crippen LogP contribution in [0.2, 0.25) is 0 Å². The number of nitrogens with two attached hydrogens (primary N) is 1. The fourth-order valence-electron chi connectivity index (χ4n) is 2.66. The summed E-state index contributed by atoms with van der Waals surface area (Å²) in [6.45, 7) is 5.16. The van der Waals surface area contributed by atoms with E-state index >= 15 is 0 Å². The average Bonchev–Trinajstić information content (AvgIpc) is 2.85. The molecule has 1 heterocycles. The molecule has 3 heteroatoms. The molecule has 1 aliphatic carbocycles. The van der Waals surface area contributed by atoms with Gasteiger partial charge in [-0.1, -0.05) is 12.8 Å². The third-order valence-electron chi connectivity index (χ3n) is 3.44. The Hall–Kier alpha value is -0.830. The summed E-state index contributed by atoms with van der Waals surface area (Å²) in [7, 11) is 0. The first-order chi connectivity index (χ1) is 7.24. The molecule has 2 N–H and O–H groups in total. The summed E-state index contributed by atoms with van der Waals surface area (Å²) in [6, 6.07) is 0.112. The van der Waals surface area contributed by atoms with Gasteiger partial charge in [-0.3, -0.25) is 4.68 Å². The quantitative estimate of drug-likeness (QED) is 0.828. The van der Waals surface area contributed by atoms with Gasteiger partial charge in [-0.25, -0.2) is 0 Å². The first kappa shape index (κ1) is 10.7. The lowest BCUT2D eigenvalue weighted by molar-refractivity contribution is 0.561. The Morgan fingerprint density at radius 2 is 2.20 bits per heavy atom. The molecule has 3 nitrogen and oxygen atoms in total. The predicted molar refractivity (Wildman–Crippen MR) is 61.7 cm³/mol. The molecule has 84 valence electrons. The van der Waals surface area contributed by atoms with Crippen molar-refractivity contribution in [3.63, 3.8) is 0 Å². The Balaban J connectivity index is 2.35. The predicted octanol–water partition coefficient (Wildman–Crippen LogP) is 2.58. The van der Waals surface area contributed by atoms with Crippen LogP contribution < -0.4 is 5.73 Å². The molecule has 0 amide bonds. The molecule has 0 aromatic carbocycles. The summed E-state index contributed by atoms with van der Waals surface area (Å²) in [5.41, 5.74) is 8.66. The highest BCUT2D eigenvalue weighted by molar-refractivity contribution is 5.25. The van der Waals surface area contributed by atoms with E-state index in [2.05, 4.69) is 23.6 Å². The van der Waals surface area contributed by atoms with Gasteiger partial charge in [0, 0.05) is 29.8 Å². The van der Waals surface area contributed by atoms with Crippen molar-refractivity contribution in [3.8, 4) is 0 Å². The second-order valence-electron chi connectivity index (χ2n) is 4.57. The van der Waals surface area contributed by atoms with E-state index in [0.717, 1.165) is 6.54 Å². The summed E-state index contributed by atoms with van der Waals surface area (Å²) in [5, 5.41) is 4.44. The van der Waals surface area contributed by atoms with Crippen LogP contribution in [0.25, 0.3) is 0 Å². The van der Waals surface area contributed by atoms with E-state index in [1.165, 1.54) is 36.9 Å². The van der Waals surface area contributed by atoms with E-state index in [0.29, 0.717) is 5.92 Å². The molecule has 2 rings (SSSR count). The van der Waals surface area contributed by atoms with E-state index in [-0.39, 0.29) is 6.04 Å². The van der Waals surface area contributed by atoms with Gasteiger partial charge in [0.15, 0.2) is 0 Å². The number of rotatable bonds is 3. The van der Waals surface area contributed by atoms with Crippen molar-refractivity contribution in [1.29, 1.82) is 0 Å². The average molecular weight is 207 g/mol. The van der Waals surface area contributed by atoms with Gasteiger partial charge in [0.1, 0.15) is 0 Å². The number of aromatic nitrogens is 2. The zero-order chi connectivity index (χ0) is 10.8. The van der Waals surface area contributed by atoms with E-state index in [4.69, 9.17) is 5.73 Å². The zero-order valence-electron chi connectivity index (χ0n) is 9.74. The third-order valence-corrected chi connectivity index (χ3v) is 3.44. The maximum atomic E-state index is 6.00. The van der Waals surface area contributed by atoms with E-state index in [9.17, 15) is 0 Å². The molecule has 1 aromatic rings. The van der Waals surface area contributed by atoms with Crippen molar-refractivity contribution in [2.75, 3.05) is 0 Å². The molecule has 1 fully saturated rings. The number of aryl methyl sites for hydroxylation is 1. The lowest BCUT2D eigenvalue weighted by Crippen LogP contribution is -2.12. The van der Waals surface area contributed by atoms with Crippen LogP contribution in [0.3, 0.4) is 0 Å². The topological polar surface area (TPSA) is 43.8 Å². The summed E-state index contributed by atoms with van der Waals surface area (Å²) in [5.74, 6) is 0.702. The monoisotopic (exact) mass is 207 g/mol. The maximum absolute atomic E-state index is 6.00. The van der Waals surface area contributed by atoms with E-state index in [1.54, 1.807) is 0 Å². The molecular weight excluding hydrogens is 186 g/mol. The van der Waals surface area contributed by atoms with Crippen LogP contribution in [0, 0.1) is 0 Å². The van der Waals surface area contributed by atoms with Gasteiger partial charge in [-0.2, -0.15) is 5.10 Å². The fourth-order valence-corrected chi connectivity index (χ4v) is 2.66. The van der Waals surface area contributed by atoms with Crippen molar-refractivity contribution < 1.29 is 0 Å². The zero-order valence-corrected chi connectivity index (χ0v) is 9.74. The molecule has 0 radical (unpaired) electrons. The van der Waals surface area contributed by atoms with Gasteiger partial charge in [0.2, 0.25) is 0 Å². The molecule has 15 heavy (non-hydrogen) atoms. The van der Waals surface area contributed by atoms with E-state index < -0.39 is 0 Å². The Labute approximate surface area is 91.7 Å². The summed E-state index contributed by atoms with van der Waals surface area (Å²) in [6.07, 6.45) is 7.30. The molecule has 1 saturated carbocycles. The van der Waals surface area contributed by atoms with Crippen LogP contribution in [0.4, 0.5) is 0 Å². The standard InChI is InChI=1S/C12H21N3/c1-3-15-12(10-6-4-5-7-10)11(8-14-15)9(2)13/h8-10H,3-7,13H2,1-2H3. The number of nitrogens with zero attached hydrogens (tertiary/aromatic N) is 2. The smallest absolute Gasteiger partial charge is 0.0540 e. The lowest BCUT2D eigenvalue weighted by Gasteiger charge is -2.15. The van der Waals surface area contributed by atoms with Crippen molar-refractivity contribution in [2.24, 2.45) is 5.73 Å². The van der Waals surface area contributed by atoms with Crippen molar-refractivity contribution in [2.45, 2.75) is 58.0 Å². The number of hydrogen-bond donors (Lipinski definition) is 1. The molecule has 1 unspecified atom stereocenters. The van der Waals surface area contributed by atoms with Gasteiger partial charge in [0.25, 0.3) is 0 Å². The number of hydrogen-bond acceptors (Lipinski definition) is 2. The highest BCUT2D eigenvalue weighted by Crippen LogP contribution is 2.37. The Morgan fingerprint density at radius 1 is 1.53 bits per heavy atom. The van der Waals surface area contributed by atoms with Gasteiger partial charge >= 0.3 is 0 Å². The second kappa shape index (κ2) is 4.35. The summed E-state index contributed by atoms with van der Waals surface area (Å²) in [4.78, 5) is 0. The van der Waals surface area contributed by atoms with Gasteiger partial charge in [0.05, 0.1) is 6.20 Å². The van der Waals surface area contributed by atoms with Gasteiger partial charge in [-0.15, -0.1) is 0 Å². The largest absolute Gasteiger partial charge is 0.324 e. The minimum atomic E-state index is 0.112. The summed E-state index contributed by atoms with van der Waals surface area (Å²) < 4.78 is 2.13. The fraction of sp³-hybridized carbons (Fsp3) is 0.750. The van der Waals surface area contributed by atoms with Crippen LogP contribution in [0.15, 0.2) is 6.20 Å². The minimum absolute atomic E-state index is 0.112. The molecule has 0 spiro atoms. The molecule has 0 bridgehead atoms. The lowest BCUT2D eigenvalue weighted by atomic mass is 9.97. The van der Waals surface area contributed by atoms with Gasteiger partial charge in [-0.05, 0) is 26.7 Å². The molecule has 0 saturated heterocycles. The normalized spacial score (nSPS) is 19.7. The molecule has 1 atom stereocenters. The molecule has 1 aromatic heterocycles. The molecule has 0 aliphatic heterocycles. The first-order valence-corrected chi connectivity index (χ1v) is 6.05. The highest BCUT2D eigenvalue weighted by Gasteiger charge is 2.24. The summed E-state index contributed by atoms with van der Waals surface area (Å²) >= 11 is 0. The Morgan fingerprint density at radius 3 is 2.73 bits per heavy atom. The highest BCUT2D eigenvalue weighted by atomic mass is 15.3. The maximum Gasteiger partial charge on any atom is 0.0540 e. The van der Waals surface area contributed by atoms with Crippen molar-refractivity contribution in [3.05, 3.63) is 17.5 Å². The van der Waals surface area contributed by atoms with Crippen molar-refractivity contribution >= 4 is 0 Å².